The summed E-state index contributed by atoms with van der Waals surface area (Å²) < 4.78 is 0. The first kappa shape index (κ1) is 15.1. The fourth-order valence-electron chi connectivity index (χ4n) is 3.53. The molecule has 1 aliphatic heterocycles. The van der Waals surface area contributed by atoms with Gasteiger partial charge >= 0.3 is 0 Å². The molecule has 2 aromatic rings. The van der Waals surface area contributed by atoms with E-state index in [4.69, 9.17) is 0 Å². The monoisotopic (exact) mass is 323 g/mol. The molecule has 1 saturated carbocycles. The number of aliphatic hydroxyl groups is 1. The van der Waals surface area contributed by atoms with Gasteiger partial charge < -0.3 is 15.7 Å². The number of rotatable bonds is 3. The molecule has 1 aliphatic carbocycles. The summed E-state index contributed by atoms with van der Waals surface area (Å²) >= 11 is 0. The molecule has 0 radical (unpaired) electrons. The Bertz CT molecular complexity index is 758. The van der Waals surface area contributed by atoms with E-state index in [0.29, 0.717) is 6.54 Å². The van der Waals surface area contributed by atoms with Gasteiger partial charge in [-0.05, 0) is 48.2 Å². The number of hydrogen-bond acceptors (Lipinski definition) is 4. The van der Waals surface area contributed by atoms with E-state index in [0.717, 1.165) is 53.8 Å². The van der Waals surface area contributed by atoms with E-state index in [-0.39, 0.29) is 18.1 Å². The molecule has 3 N–H and O–H groups in total. The molecule has 4 rings (SSSR count). The van der Waals surface area contributed by atoms with E-state index in [2.05, 4.69) is 15.6 Å². The quantitative estimate of drug-likeness (QED) is 0.812. The summed E-state index contributed by atoms with van der Waals surface area (Å²) in [6.45, 7) is 0.592. The Hall–Kier alpha value is -2.40. The summed E-state index contributed by atoms with van der Waals surface area (Å²) in [5.41, 5.74) is 3.87. The molecule has 2 atom stereocenters. The molecule has 24 heavy (non-hydrogen) atoms. The number of benzene rings is 1. The largest absolute Gasteiger partial charge is 0.391 e. The standard InChI is InChI=1S/C19H21N3O2/c23-17-4-2-1-3-16(17)22-18-8-6-13(10-20-18)12-5-7-15-14(9-12)11-21-19(15)24/h5-10,16-17,23H,1-4,11H2,(H,20,22)(H,21,24)/t16-,17-/m0/s1. The van der Waals surface area contributed by atoms with E-state index in [9.17, 15) is 9.90 Å². The van der Waals surface area contributed by atoms with E-state index in [1.807, 2.05) is 36.5 Å². The first-order valence-corrected chi connectivity index (χ1v) is 8.53. The van der Waals surface area contributed by atoms with Crippen LogP contribution in [-0.2, 0) is 6.54 Å². The highest BCUT2D eigenvalue weighted by molar-refractivity contribution is 5.98. The second-order valence-electron chi connectivity index (χ2n) is 6.59. The fourth-order valence-corrected chi connectivity index (χ4v) is 3.53. The van der Waals surface area contributed by atoms with Gasteiger partial charge in [-0.1, -0.05) is 18.9 Å². The predicted molar refractivity (Wildman–Crippen MR) is 92.7 cm³/mol. The van der Waals surface area contributed by atoms with Crippen molar-refractivity contribution in [3.05, 3.63) is 47.7 Å². The third-order valence-electron chi connectivity index (χ3n) is 4.95. The van der Waals surface area contributed by atoms with E-state index in [1.165, 1.54) is 0 Å². The zero-order valence-electron chi connectivity index (χ0n) is 13.5. The van der Waals surface area contributed by atoms with E-state index < -0.39 is 0 Å². The summed E-state index contributed by atoms with van der Waals surface area (Å²) in [5, 5.41) is 16.2. The van der Waals surface area contributed by atoms with Crippen molar-refractivity contribution in [3.8, 4) is 11.1 Å². The zero-order valence-corrected chi connectivity index (χ0v) is 13.5. The Balaban J connectivity index is 1.51. The number of pyridine rings is 1. The molecule has 2 heterocycles. The zero-order chi connectivity index (χ0) is 16.5. The minimum atomic E-state index is -0.290. The van der Waals surface area contributed by atoms with Crippen LogP contribution < -0.4 is 10.6 Å². The van der Waals surface area contributed by atoms with Crippen LogP contribution in [0.5, 0.6) is 0 Å². The number of aromatic nitrogens is 1. The Labute approximate surface area is 141 Å². The van der Waals surface area contributed by atoms with Crippen LogP contribution >= 0.6 is 0 Å². The molecule has 2 aliphatic rings. The second-order valence-corrected chi connectivity index (χ2v) is 6.59. The number of anilines is 1. The molecule has 5 heteroatoms. The predicted octanol–water partition coefficient (Wildman–Crippen LogP) is 2.71. The van der Waals surface area contributed by atoms with Crippen molar-refractivity contribution in [2.75, 3.05) is 5.32 Å². The molecule has 1 aromatic heterocycles. The van der Waals surface area contributed by atoms with Gasteiger partial charge in [0, 0.05) is 23.9 Å². The minimum absolute atomic E-state index is 0.000243. The van der Waals surface area contributed by atoms with Gasteiger partial charge in [0.05, 0.1) is 12.1 Å². The SMILES string of the molecule is O=C1NCc2cc(-c3ccc(N[C@H]4CCCC[C@@H]4O)nc3)ccc21. The van der Waals surface area contributed by atoms with Crippen LogP contribution in [0.4, 0.5) is 5.82 Å². The molecule has 0 saturated heterocycles. The number of carbonyl (C=O) groups excluding carboxylic acids is 1. The summed E-state index contributed by atoms with van der Waals surface area (Å²) in [7, 11) is 0. The van der Waals surface area contributed by atoms with Gasteiger partial charge in [0.1, 0.15) is 5.82 Å². The molecule has 1 aromatic carbocycles. The van der Waals surface area contributed by atoms with Crippen LogP contribution in [0.1, 0.15) is 41.6 Å². The lowest BCUT2D eigenvalue weighted by atomic mass is 9.92. The number of fused-ring (bicyclic) bond motifs is 1. The van der Waals surface area contributed by atoms with Gasteiger partial charge in [-0.25, -0.2) is 4.98 Å². The molecular weight excluding hydrogens is 302 g/mol. The first-order chi connectivity index (χ1) is 11.7. The maximum absolute atomic E-state index is 11.6. The van der Waals surface area contributed by atoms with Gasteiger partial charge in [0.15, 0.2) is 0 Å². The summed E-state index contributed by atoms with van der Waals surface area (Å²) in [6.07, 6.45) is 5.63. The van der Waals surface area contributed by atoms with Crippen molar-refractivity contribution < 1.29 is 9.90 Å². The second kappa shape index (κ2) is 6.24. The number of aliphatic hydroxyl groups excluding tert-OH is 1. The third kappa shape index (κ3) is 2.87. The van der Waals surface area contributed by atoms with Crippen LogP contribution in [0.3, 0.4) is 0 Å². The first-order valence-electron chi connectivity index (χ1n) is 8.53. The molecular formula is C19H21N3O2. The van der Waals surface area contributed by atoms with Crippen LogP contribution in [0.2, 0.25) is 0 Å². The number of hydrogen-bond donors (Lipinski definition) is 3. The molecule has 0 spiro atoms. The highest BCUT2D eigenvalue weighted by Gasteiger charge is 2.23. The molecule has 5 nitrogen and oxygen atoms in total. The Morgan fingerprint density at radius 3 is 2.75 bits per heavy atom. The molecule has 0 bridgehead atoms. The van der Waals surface area contributed by atoms with Crippen LogP contribution in [-0.4, -0.2) is 28.1 Å². The average molecular weight is 323 g/mol. The van der Waals surface area contributed by atoms with Gasteiger partial charge in [0.2, 0.25) is 0 Å². The molecule has 1 amide bonds. The minimum Gasteiger partial charge on any atom is -0.391 e. The number of amides is 1. The maximum atomic E-state index is 11.6. The molecule has 1 fully saturated rings. The normalized spacial score (nSPS) is 22.8. The van der Waals surface area contributed by atoms with Gasteiger partial charge in [-0.15, -0.1) is 0 Å². The van der Waals surface area contributed by atoms with Crippen molar-refractivity contribution in [3.63, 3.8) is 0 Å². The topological polar surface area (TPSA) is 74.2 Å². The number of nitrogens with one attached hydrogen (secondary N) is 2. The summed E-state index contributed by atoms with van der Waals surface area (Å²) in [6, 6.07) is 9.94. The highest BCUT2D eigenvalue weighted by atomic mass is 16.3. The van der Waals surface area contributed by atoms with E-state index >= 15 is 0 Å². The van der Waals surface area contributed by atoms with Gasteiger partial charge in [0.25, 0.3) is 5.91 Å². The summed E-state index contributed by atoms with van der Waals surface area (Å²) in [4.78, 5) is 16.1. The third-order valence-corrected chi connectivity index (χ3v) is 4.95. The Kier molecular flexibility index (Phi) is 3.94. The van der Waals surface area contributed by atoms with Crippen molar-refractivity contribution >= 4 is 11.7 Å². The molecule has 124 valence electrons. The lowest BCUT2D eigenvalue weighted by molar-refractivity contribution is 0.0965. The van der Waals surface area contributed by atoms with Crippen molar-refractivity contribution in [2.45, 2.75) is 44.4 Å². The van der Waals surface area contributed by atoms with Crippen LogP contribution in [0.15, 0.2) is 36.5 Å². The molecule has 0 unspecified atom stereocenters. The average Bonchev–Trinajstić information content (AvgIpc) is 2.98. The van der Waals surface area contributed by atoms with Gasteiger partial charge in [-0.3, -0.25) is 4.79 Å². The number of carbonyl (C=O) groups is 1. The van der Waals surface area contributed by atoms with Gasteiger partial charge in [-0.2, -0.15) is 0 Å². The Morgan fingerprint density at radius 1 is 1.12 bits per heavy atom. The van der Waals surface area contributed by atoms with Crippen molar-refractivity contribution in [1.29, 1.82) is 0 Å². The lowest BCUT2D eigenvalue weighted by Crippen LogP contribution is -2.36. The van der Waals surface area contributed by atoms with Crippen molar-refractivity contribution in [1.82, 2.24) is 10.3 Å². The number of nitrogens with zero attached hydrogens (tertiary/aromatic N) is 1. The van der Waals surface area contributed by atoms with E-state index in [1.54, 1.807) is 0 Å². The summed E-state index contributed by atoms with van der Waals surface area (Å²) in [5.74, 6) is 0.794. The highest BCUT2D eigenvalue weighted by Crippen LogP contribution is 2.26. The smallest absolute Gasteiger partial charge is 0.251 e. The van der Waals surface area contributed by atoms with Crippen LogP contribution in [0, 0.1) is 0 Å². The van der Waals surface area contributed by atoms with Crippen LogP contribution in [0.25, 0.3) is 11.1 Å². The lowest BCUT2D eigenvalue weighted by Gasteiger charge is -2.28. The maximum Gasteiger partial charge on any atom is 0.251 e. The fraction of sp³-hybridized carbons (Fsp3) is 0.368. The Morgan fingerprint density at radius 2 is 1.96 bits per heavy atom. The van der Waals surface area contributed by atoms with Crippen molar-refractivity contribution in [2.24, 2.45) is 0 Å².